The van der Waals surface area contributed by atoms with E-state index in [2.05, 4.69) is 13.5 Å². The molecule has 5 aliphatic rings. The molecule has 328 valence electrons. The summed E-state index contributed by atoms with van der Waals surface area (Å²) >= 11 is 0. The molecule has 4 aliphatic heterocycles. The summed E-state index contributed by atoms with van der Waals surface area (Å²) in [4.78, 5) is 44.7. The molecule has 1 aliphatic carbocycles. The lowest BCUT2D eigenvalue weighted by Gasteiger charge is -2.50. The first-order valence-corrected chi connectivity index (χ1v) is 21.5. The van der Waals surface area contributed by atoms with Crippen molar-refractivity contribution in [1.82, 2.24) is 4.90 Å². The number of nitrogens with zero attached hydrogens (tertiary/aromatic N) is 1. The molecule has 15 unspecified atom stereocenters. The van der Waals surface area contributed by atoms with Gasteiger partial charge in [0.05, 0.1) is 37.1 Å². The monoisotopic (exact) mass is 817 g/mol. The van der Waals surface area contributed by atoms with Gasteiger partial charge < -0.3 is 48.6 Å². The van der Waals surface area contributed by atoms with Crippen LogP contribution in [0.1, 0.15) is 105 Å². The first kappa shape index (κ1) is 46.6. The minimum Gasteiger partial charge on any atom is -0.456 e. The number of hydrogen-bond donors (Lipinski definition) is 3. The third kappa shape index (κ3) is 9.99. The molecular formula is C45H71NO12. The van der Waals surface area contributed by atoms with Crippen molar-refractivity contribution in [1.29, 1.82) is 0 Å². The van der Waals surface area contributed by atoms with Gasteiger partial charge in [-0.2, -0.15) is 0 Å². The van der Waals surface area contributed by atoms with Gasteiger partial charge in [-0.15, -0.1) is 6.58 Å². The van der Waals surface area contributed by atoms with Crippen molar-refractivity contribution in [3.8, 4) is 0 Å². The highest BCUT2D eigenvalue weighted by Crippen LogP contribution is 2.51. The number of rotatable bonds is 7. The molecule has 13 nitrogen and oxygen atoms in total. The average Bonchev–Trinajstić information content (AvgIpc) is 4.02. The molecule has 58 heavy (non-hydrogen) atoms. The molecule has 1 spiro atoms. The SMILES string of the molecule is C=CCC1/C=C(\C)CC(C)CC(OC)C2OC(O)(C(C)CC2OC)C2(CO2)C(=O)N2CCCCC2C(=O)OC(C(C)=CC2CCC(O)C(OC)C2)C(C)C(O)CC1=O. The van der Waals surface area contributed by atoms with Crippen LogP contribution in [-0.4, -0.2) is 133 Å². The van der Waals surface area contributed by atoms with E-state index in [0.29, 0.717) is 69.8 Å². The lowest BCUT2D eigenvalue weighted by molar-refractivity contribution is -0.340. The molecule has 0 aromatic heterocycles. The van der Waals surface area contributed by atoms with Crippen LogP contribution < -0.4 is 0 Å². The molecule has 0 aromatic carbocycles. The van der Waals surface area contributed by atoms with Crippen molar-refractivity contribution in [3.05, 3.63) is 36.0 Å². The summed E-state index contributed by atoms with van der Waals surface area (Å²) < 4.78 is 36.5. The Morgan fingerprint density at radius 2 is 1.62 bits per heavy atom. The number of ether oxygens (including phenoxy) is 6. The van der Waals surface area contributed by atoms with Gasteiger partial charge in [0.2, 0.25) is 11.4 Å². The number of cyclic esters (lactones) is 1. The number of methoxy groups -OCH3 is 3. The van der Waals surface area contributed by atoms with Gasteiger partial charge in [0.1, 0.15) is 24.0 Å². The summed E-state index contributed by atoms with van der Waals surface area (Å²) in [5.41, 5.74) is -0.0431. The van der Waals surface area contributed by atoms with Crippen LogP contribution in [0.25, 0.3) is 0 Å². The highest BCUT2D eigenvalue weighted by molar-refractivity contribution is 5.93. The number of piperidine rings is 1. The van der Waals surface area contributed by atoms with Crippen LogP contribution in [0.15, 0.2) is 36.0 Å². The maximum Gasteiger partial charge on any atom is 0.329 e. The zero-order valence-electron chi connectivity index (χ0n) is 36.1. The number of epoxide rings is 1. The molecule has 3 N–H and O–H groups in total. The summed E-state index contributed by atoms with van der Waals surface area (Å²) in [6.07, 6.45) is 6.30. The molecule has 4 fully saturated rings. The Morgan fingerprint density at radius 1 is 0.948 bits per heavy atom. The van der Waals surface area contributed by atoms with Crippen LogP contribution >= 0.6 is 0 Å². The summed E-state index contributed by atoms with van der Waals surface area (Å²) in [6.45, 7) is 13.6. The third-order valence-corrected chi connectivity index (χ3v) is 13.7. The number of allylic oxidation sites excluding steroid dienone is 4. The number of carbonyl (C=O) groups excluding carboxylic acids is 3. The quantitative estimate of drug-likeness (QED) is 0.182. The highest BCUT2D eigenvalue weighted by atomic mass is 16.7. The van der Waals surface area contributed by atoms with E-state index < -0.39 is 83.7 Å². The fourth-order valence-corrected chi connectivity index (χ4v) is 10.1. The van der Waals surface area contributed by atoms with E-state index >= 15 is 0 Å². The number of amides is 1. The Balaban J connectivity index is 1.55. The van der Waals surface area contributed by atoms with Crippen molar-refractivity contribution < 1.29 is 58.1 Å². The summed E-state index contributed by atoms with van der Waals surface area (Å²) in [6, 6.07) is -0.983. The molecule has 4 heterocycles. The smallest absolute Gasteiger partial charge is 0.329 e. The molecule has 0 radical (unpaired) electrons. The standard InChI is InChI=1S/C45H71NO12/c1-10-13-32-19-26(2)18-27(3)20-38(54-8)41-39(55-9)22-29(5)45(52,58-41)44(25-56-44)43(51)46-17-12-11-14-33(46)42(50)57-40(30(6)35(48)24-36(32)49)28(4)21-31-15-16-34(47)37(23-31)53-7/h10,19,21,27,29-35,37-41,47-48,52H,1,11-18,20,22-25H2,2-9H3/b26-19+,28-21?. The molecule has 2 bridgehead atoms. The summed E-state index contributed by atoms with van der Waals surface area (Å²) in [7, 11) is 4.77. The molecule has 1 amide bonds. The van der Waals surface area contributed by atoms with Gasteiger partial charge in [-0.05, 0) is 95.5 Å². The minimum atomic E-state index is -2.04. The topological polar surface area (TPSA) is 174 Å². The Labute approximate surface area is 345 Å². The largest absolute Gasteiger partial charge is 0.456 e. The zero-order chi connectivity index (χ0) is 42.5. The number of aliphatic hydroxyl groups excluding tert-OH is 2. The number of aliphatic hydroxyl groups is 3. The van der Waals surface area contributed by atoms with Gasteiger partial charge in [-0.25, -0.2) is 4.79 Å². The number of Topliss-reactive ketones (excluding diaryl/α,β-unsaturated/α-hetero) is 1. The second-order valence-corrected chi connectivity index (χ2v) is 18.1. The Morgan fingerprint density at radius 3 is 2.26 bits per heavy atom. The predicted molar refractivity (Wildman–Crippen MR) is 216 cm³/mol. The fraction of sp³-hybridized carbons (Fsp3) is 0.800. The Bertz CT molecular complexity index is 1510. The van der Waals surface area contributed by atoms with E-state index in [1.165, 1.54) is 4.90 Å². The van der Waals surface area contributed by atoms with E-state index in [4.69, 9.17) is 28.4 Å². The fourth-order valence-electron chi connectivity index (χ4n) is 10.1. The second kappa shape index (κ2) is 19.9. The number of esters is 1. The summed E-state index contributed by atoms with van der Waals surface area (Å²) in [5.74, 6) is -5.05. The van der Waals surface area contributed by atoms with E-state index in [1.54, 1.807) is 34.3 Å². The lowest BCUT2D eigenvalue weighted by atomic mass is 9.78. The first-order chi connectivity index (χ1) is 27.5. The van der Waals surface area contributed by atoms with Gasteiger partial charge >= 0.3 is 5.97 Å². The molecule has 13 heteroatoms. The molecule has 15 atom stereocenters. The average molecular weight is 818 g/mol. The van der Waals surface area contributed by atoms with E-state index in [9.17, 15) is 29.7 Å². The molecular weight excluding hydrogens is 746 g/mol. The second-order valence-electron chi connectivity index (χ2n) is 18.1. The van der Waals surface area contributed by atoms with Crippen LogP contribution in [0.3, 0.4) is 0 Å². The van der Waals surface area contributed by atoms with Crippen molar-refractivity contribution in [3.63, 3.8) is 0 Å². The molecule has 0 aromatic rings. The van der Waals surface area contributed by atoms with Gasteiger partial charge in [0.25, 0.3) is 5.91 Å². The maximum absolute atomic E-state index is 14.8. The Hall–Kier alpha value is -2.49. The van der Waals surface area contributed by atoms with E-state index in [0.717, 1.165) is 5.57 Å². The summed E-state index contributed by atoms with van der Waals surface area (Å²) in [5, 5.41) is 34.8. The number of fused-ring (bicyclic) bond motifs is 4. The van der Waals surface area contributed by atoms with Crippen LogP contribution in [0.5, 0.6) is 0 Å². The maximum atomic E-state index is 14.8. The van der Waals surface area contributed by atoms with Crippen LogP contribution in [0.2, 0.25) is 0 Å². The molecule has 1 saturated carbocycles. The van der Waals surface area contributed by atoms with E-state index in [1.807, 2.05) is 32.9 Å². The number of ketones is 1. The van der Waals surface area contributed by atoms with Crippen molar-refractivity contribution in [2.75, 3.05) is 34.5 Å². The Kier molecular flexibility index (Phi) is 16.0. The minimum absolute atomic E-state index is 0.0211. The van der Waals surface area contributed by atoms with Gasteiger partial charge in [-0.3, -0.25) is 9.59 Å². The highest BCUT2D eigenvalue weighted by Gasteiger charge is 2.73. The zero-order valence-corrected chi connectivity index (χ0v) is 36.1. The third-order valence-electron chi connectivity index (χ3n) is 13.7. The van der Waals surface area contributed by atoms with Gasteiger partial charge in [0, 0.05) is 52.0 Å². The van der Waals surface area contributed by atoms with Crippen molar-refractivity contribution >= 4 is 17.7 Å². The van der Waals surface area contributed by atoms with E-state index in [-0.39, 0.29) is 43.3 Å². The van der Waals surface area contributed by atoms with Crippen molar-refractivity contribution in [2.45, 2.75) is 165 Å². The molecule has 3 saturated heterocycles. The van der Waals surface area contributed by atoms with Crippen LogP contribution in [-0.2, 0) is 42.8 Å². The van der Waals surface area contributed by atoms with Crippen LogP contribution in [0.4, 0.5) is 0 Å². The van der Waals surface area contributed by atoms with Crippen molar-refractivity contribution in [2.24, 2.45) is 29.6 Å². The lowest BCUT2D eigenvalue weighted by Crippen LogP contribution is -2.68. The number of hydrogen-bond acceptors (Lipinski definition) is 12. The normalized spacial score (nSPS) is 43.7. The molecule has 5 rings (SSSR count). The van der Waals surface area contributed by atoms with Gasteiger partial charge in [0.15, 0.2) is 0 Å². The van der Waals surface area contributed by atoms with Gasteiger partial charge in [-0.1, -0.05) is 44.6 Å². The van der Waals surface area contributed by atoms with Crippen LogP contribution in [0, 0.1) is 29.6 Å². The number of carbonyl (C=O) groups is 3. The predicted octanol–water partition coefficient (Wildman–Crippen LogP) is 4.84. The first-order valence-electron chi connectivity index (χ1n) is 21.5.